The molecule has 1 saturated heterocycles. The summed E-state index contributed by atoms with van der Waals surface area (Å²) in [4.78, 5) is 17.7. The second-order valence-corrected chi connectivity index (χ2v) is 4.72. The number of nitrogens with zero attached hydrogens (tertiary/aromatic N) is 4. The predicted octanol–water partition coefficient (Wildman–Crippen LogP) is -0.211. The Balaban J connectivity index is 2.00. The molecule has 1 aliphatic rings. The van der Waals surface area contributed by atoms with Gasteiger partial charge in [0.05, 0.1) is 12.3 Å². The van der Waals surface area contributed by atoms with Gasteiger partial charge in [-0.05, 0) is 18.9 Å². The summed E-state index contributed by atoms with van der Waals surface area (Å²) in [5.74, 6) is 0.188. The summed E-state index contributed by atoms with van der Waals surface area (Å²) in [6.07, 6.45) is 4.57. The fourth-order valence-electron chi connectivity index (χ4n) is 2.37. The Morgan fingerprint density at radius 1 is 1.53 bits per heavy atom. The molecule has 2 aromatic heterocycles. The van der Waals surface area contributed by atoms with Crippen molar-refractivity contribution in [3.63, 3.8) is 0 Å². The van der Waals surface area contributed by atoms with E-state index < -0.39 is 5.91 Å². The number of piperidine rings is 1. The molecule has 0 spiro atoms. The lowest BCUT2D eigenvalue weighted by Gasteiger charge is -2.30. The fraction of sp³-hybridized carbons (Fsp3) is 0.417. The lowest BCUT2D eigenvalue weighted by atomic mass is 10.1. The highest BCUT2D eigenvalue weighted by Gasteiger charge is 2.20. The third kappa shape index (κ3) is 2.12. The van der Waals surface area contributed by atoms with Gasteiger partial charge in [-0.15, -0.1) is 0 Å². The Morgan fingerprint density at radius 2 is 2.37 bits per heavy atom. The van der Waals surface area contributed by atoms with E-state index in [-0.39, 0.29) is 6.10 Å². The van der Waals surface area contributed by atoms with Gasteiger partial charge in [0.15, 0.2) is 5.65 Å². The van der Waals surface area contributed by atoms with Crippen LogP contribution in [-0.2, 0) is 0 Å². The molecule has 0 radical (unpaired) electrons. The number of anilines is 1. The Bertz CT molecular complexity index is 624. The van der Waals surface area contributed by atoms with E-state index in [1.54, 1.807) is 6.20 Å². The summed E-state index contributed by atoms with van der Waals surface area (Å²) in [6, 6.07) is 1.82. The summed E-state index contributed by atoms with van der Waals surface area (Å²) in [6.45, 7) is 1.41. The van der Waals surface area contributed by atoms with Crippen LogP contribution in [0.4, 0.5) is 5.82 Å². The molecule has 19 heavy (non-hydrogen) atoms. The molecule has 0 bridgehead atoms. The van der Waals surface area contributed by atoms with Crippen molar-refractivity contribution in [2.45, 2.75) is 18.9 Å². The van der Waals surface area contributed by atoms with Gasteiger partial charge in [-0.3, -0.25) is 4.79 Å². The highest BCUT2D eigenvalue weighted by molar-refractivity contribution is 5.98. The van der Waals surface area contributed by atoms with Gasteiger partial charge in [-0.25, -0.2) is 9.50 Å². The summed E-state index contributed by atoms with van der Waals surface area (Å²) < 4.78 is 1.52. The Hall–Kier alpha value is -2.15. The molecule has 1 atom stereocenters. The van der Waals surface area contributed by atoms with Crippen molar-refractivity contribution in [3.05, 3.63) is 24.0 Å². The van der Waals surface area contributed by atoms with Crippen LogP contribution in [0, 0.1) is 0 Å². The van der Waals surface area contributed by atoms with Crippen LogP contribution in [-0.4, -0.2) is 44.8 Å². The zero-order chi connectivity index (χ0) is 13.4. The van der Waals surface area contributed by atoms with Crippen molar-refractivity contribution in [2.75, 3.05) is 18.0 Å². The van der Waals surface area contributed by atoms with Gasteiger partial charge in [0.25, 0.3) is 5.91 Å². The van der Waals surface area contributed by atoms with Crippen molar-refractivity contribution in [1.29, 1.82) is 0 Å². The van der Waals surface area contributed by atoms with Gasteiger partial charge in [0, 0.05) is 19.3 Å². The van der Waals surface area contributed by atoms with Crippen LogP contribution in [0.5, 0.6) is 0 Å². The summed E-state index contributed by atoms with van der Waals surface area (Å²) in [5.41, 5.74) is 6.04. The number of primary amides is 1. The molecule has 7 nitrogen and oxygen atoms in total. The number of amides is 1. The normalized spacial score (nSPS) is 19.8. The topological polar surface area (TPSA) is 96.8 Å². The maximum Gasteiger partial charge on any atom is 0.254 e. The standard InChI is InChI=1S/C12H15N5O2/c13-11(19)9-6-14-17-5-3-10(15-12(9)17)16-4-1-2-8(18)7-16/h3,5-6,8,18H,1-2,4,7H2,(H2,13,19). The van der Waals surface area contributed by atoms with Crippen molar-refractivity contribution >= 4 is 17.4 Å². The quantitative estimate of drug-likeness (QED) is 0.779. The monoisotopic (exact) mass is 261 g/mol. The SMILES string of the molecule is NC(=O)c1cnn2ccc(N3CCCC(O)C3)nc12. The minimum Gasteiger partial charge on any atom is -0.391 e. The van der Waals surface area contributed by atoms with Gasteiger partial charge in [-0.1, -0.05) is 0 Å². The third-order valence-electron chi connectivity index (χ3n) is 3.34. The first kappa shape index (κ1) is 11.9. The number of nitrogens with two attached hydrogens (primary N) is 1. The van der Waals surface area contributed by atoms with Crippen molar-refractivity contribution in [3.8, 4) is 0 Å². The molecule has 1 fully saturated rings. The average Bonchev–Trinajstić information content (AvgIpc) is 2.81. The van der Waals surface area contributed by atoms with E-state index >= 15 is 0 Å². The summed E-state index contributed by atoms with van der Waals surface area (Å²) in [7, 11) is 0. The second kappa shape index (κ2) is 4.51. The van der Waals surface area contributed by atoms with E-state index in [2.05, 4.69) is 10.1 Å². The van der Waals surface area contributed by atoms with Crippen molar-refractivity contribution in [2.24, 2.45) is 5.73 Å². The minimum absolute atomic E-state index is 0.305. The highest BCUT2D eigenvalue weighted by atomic mass is 16.3. The molecule has 0 aliphatic carbocycles. The average molecular weight is 261 g/mol. The Kier molecular flexibility index (Phi) is 2.83. The van der Waals surface area contributed by atoms with Crippen molar-refractivity contribution < 1.29 is 9.90 Å². The lowest BCUT2D eigenvalue weighted by molar-refractivity contribution is 0.100. The lowest BCUT2D eigenvalue weighted by Crippen LogP contribution is -2.38. The maximum atomic E-state index is 11.3. The number of rotatable bonds is 2. The van der Waals surface area contributed by atoms with E-state index in [0.29, 0.717) is 17.8 Å². The van der Waals surface area contributed by atoms with Gasteiger partial charge in [-0.2, -0.15) is 5.10 Å². The third-order valence-corrected chi connectivity index (χ3v) is 3.34. The first-order chi connectivity index (χ1) is 9.15. The van der Waals surface area contributed by atoms with E-state index in [1.807, 2.05) is 11.0 Å². The molecule has 3 rings (SSSR count). The van der Waals surface area contributed by atoms with Gasteiger partial charge < -0.3 is 15.7 Å². The molecule has 7 heteroatoms. The van der Waals surface area contributed by atoms with E-state index in [1.165, 1.54) is 10.7 Å². The zero-order valence-electron chi connectivity index (χ0n) is 10.4. The van der Waals surface area contributed by atoms with E-state index in [4.69, 9.17) is 5.73 Å². The number of β-amino-alcohol motifs (C(OH)–C–C–N with tert-alkyl or cyclic N) is 1. The minimum atomic E-state index is -0.543. The Labute approximate surface area is 109 Å². The summed E-state index contributed by atoms with van der Waals surface area (Å²) in [5, 5.41) is 13.7. The molecule has 100 valence electrons. The molecule has 1 aliphatic heterocycles. The summed E-state index contributed by atoms with van der Waals surface area (Å²) >= 11 is 0. The van der Waals surface area contributed by atoms with Gasteiger partial charge in [0.2, 0.25) is 0 Å². The van der Waals surface area contributed by atoms with E-state index in [0.717, 1.165) is 25.2 Å². The number of carbonyl (C=O) groups is 1. The number of carbonyl (C=O) groups excluding carboxylic acids is 1. The molecule has 3 N–H and O–H groups in total. The van der Waals surface area contributed by atoms with Crippen LogP contribution in [0.25, 0.3) is 5.65 Å². The molecule has 1 amide bonds. The molecular formula is C12H15N5O2. The molecule has 0 saturated carbocycles. The smallest absolute Gasteiger partial charge is 0.254 e. The second-order valence-electron chi connectivity index (χ2n) is 4.72. The van der Waals surface area contributed by atoms with Gasteiger partial charge in [0.1, 0.15) is 11.4 Å². The number of hydrogen-bond donors (Lipinski definition) is 2. The molecule has 0 aromatic carbocycles. The number of fused-ring (bicyclic) bond motifs is 1. The van der Waals surface area contributed by atoms with Gasteiger partial charge >= 0.3 is 0 Å². The molecular weight excluding hydrogens is 246 g/mol. The van der Waals surface area contributed by atoms with E-state index in [9.17, 15) is 9.90 Å². The fourth-order valence-corrected chi connectivity index (χ4v) is 2.37. The van der Waals surface area contributed by atoms with Crippen LogP contribution in [0.3, 0.4) is 0 Å². The maximum absolute atomic E-state index is 11.3. The largest absolute Gasteiger partial charge is 0.391 e. The number of aromatic nitrogens is 3. The highest BCUT2D eigenvalue weighted by Crippen LogP contribution is 2.19. The Morgan fingerprint density at radius 3 is 3.11 bits per heavy atom. The van der Waals surface area contributed by atoms with Crippen LogP contribution < -0.4 is 10.6 Å². The number of aliphatic hydroxyl groups is 1. The van der Waals surface area contributed by atoms with Crippen LogP contribution in [0.2, 0.25) is 0 Å². The van der Waals surface area contributed by atoms with Crippen LogP contribution in [0.15, 0.2) is 18.5 Å². The van der Waals surface area contributed by atoms with Crippen LogP contribution in [0.1, 0.15) is 23.2 Å². The first-order valence-corrected chi connectivity index (χ1v) is 6.22. The number of aliphatic hydroxyl groups excluding tert-OH is 1. The first-order valence-electron chi connectivity index (χ1n) is 6.22. The molecule has 3 heterocycles. The predicted molar refractivity (Wildman–Crippen MR) is 69.0 cm³/mol. The molecule has 1 unspecified atom stereocenters. The molecule has 2 aromatic rings. The number of hydrogen-bond acceptors (Lipinski definition) is 5. The van der Waals surface area contributed by atoms with Crippen LogP contribution >= 0.6 is 0 Å². The van der Waals surface area contributed by atoms with Crippen molar-refractivity contribution in [1.82, 2.24) is 14.6 Å². The zero-order valence-corrected chi connectivity index (χ0v) is 10.4.